The fourth-order valence-corrected chi connectivity index (χ4v) is 1.75. The second-order valence-electron chi connectivity index (χ2n) is 3.68. The van der Waals surface area contributed by atoms with Crippen LogP contribution in [0.5, 0.6) is 0 Å². The molecular weight excluding hydrogens is 273 g/mol. The molecular formula is C13H7ClFNO3. The van der Waals surface area contributed by atoms with Crippen molar-refractivity contribution in [2.45, 2.75) is 0 Å². The zero-order valence-corrected chi connectivity index (χ0v) is 10.2. The van der Waals surface area contributed by atoms with Gasteiger partial charge in [-0.15, -0.1) is 0 Å². The molecule has 0 unspecified atom stereocenters. The maximum absolute atomic E-state index is 13.6. The van der Waals surface area contributed by atoms with E-state index in [-0.39, 0.29) is 21.7 Å². The first-order chi connectivity index (χ1) is 9.00. The molecule has 0 bridgehead atoms. The van der Waals surface area contributed by atoms with Gasteiger partial charge in [-0.2, -0.15) is 0 Å². The lowest BCUT2D eigenvalue weighted by Gasteiger charge is -2.06. The number of carboxylic acid groups (broad SMARTS) is 1. The normalized spacial score (nSPS) is 10.2. The summed E-state index contributed by atoms with van der Waals surface area (Å²) in [4.78, 5) is 26.8. The Bertz CT molecular complexity index is 673. The zero-order valence-electron chi connectivity index (χ0n) is 9.43. The summed E-state index contributed by atoms with van der Waals surface area (Å²) in [5.41, 5.74) is -0.710. The van der Waals surface area contributed by atoms with Gasteiger partial charge in [0, 0.05) is 17.4 Å². The molecule has 19 heavy (non-hydrogen) atoms. The average molecular weight is 280 g/mol. The number of carboxylic acids is 1. The molecule has 6 heteroatoms. The molecule has 0 saturated carbocycles. The van der Waals surface area contributed by atoms with Gasteiger partial charge in [0.25, 0.3) is 0 Å². The summed E-state index contributed by atoms with van der Waals surface area (Å²) < 4.78 is 13.6. The van der Waals surface area contributed by atoms with Gasteiger partial charge in [-0.25, -0.2) is 9.18 Å². The fourth-order valence-electron chi connectivity index (χ4n) is 1.58. The summed E-state index contributed by atoms with van der Waals surface area (Å²) in [6, 6.07) is 4.68. The fraction of sp³-hybridized carbons (Fsp3) is 0. The molecule has 4 nitrogen and oxygen atoms in total. The number of pyridine rings is 1. The second-order valence-corrected chi connectivity index (χ2v) is 4.12. The van der Waals surface area contributed by atoms with Crippen molar-refractivity contribution in [3.8, 4) is 0 Å². The van der Waals surface area contributed by atoms with E-state index in [9.17, 15) is 14.0 Å². The number of halogens is 2. The average Bonchev–Trinajstić information content (AvgIpc) is 2.40. The standard InChI is InChI=1S/C13H7ClFNO3/c14-7-1-2-11(15)9(5-7)12(17)10-6-16-4-3-8(10)13(18)19/h1-6H,(H,18,19). The highest BCUT2D eigenvalue weighted by molar-refractivity contribution is 6.31. The van der Waals surface area contributed by atoms with Gasteiger partial charge in [0.05, 0.1) is 16.7 Å². The van der Waals surface area contributed by atoms with Gasteiger partial charge in [-0.05, 0) is 24.3 Å². The number of benzene rings is 1. The molecule has 0 fully saturated rings. The van der Waals surface area contributed by atoms with Crippen LogP contribution < -0.4 is 0 Å². The van der Waals surface area contributed by atoms with Gasteiger partial charge in [0.15, 0.2) is 5.78 Å². The molecule has 0 radical (unpaired) electrons. The van der Waals surface area contributed by atoms with Crippen molar-refractivity contribution in [3.63, 3.8) is 0 Å². The third-order valence-electron chi connectivity index (χ3n) is 2.47. The maximum atomic E-state index is 13.6. The predicted molar refractivity (Wildman–Crippen MR) is 66.0 cm³/mol. The van der Waals surface area contributed by atoms with Crippen LogP contribution in [0.1, 0.15) is 26.3 Å². The molecule has 0 atom stereocenters. The number of carbonyl (C=O) groups is 2. The molecule has 96 valence electrons. The van der Waals surface area contributed by atoms with Crippen LogP contribution in [0.4, 0.5) is 4.39 Å². The van der Waals surface area contributed by atoms with E-state index in [1.165, 1.54) is 18.3 Å². The van der Waals surface area contributed by atoms with Crippen LogP contribution in [0, 0.1) is 5.82 Å². The van der Waals surface area contributed by atoms with Gasteiger partial charge >= 0.3 is 5.97 Å². The smallest absolute Gasteiger partial charge is 0.336 e. The summed E-state index contributed by atoms with van der Waals surface area (Å²) >= 11 is 5.70. The third-order valence-corrected chi connectivity index (χ3v) is 2.70. The lowest BCUT2D eigenvalue weighted by Crippen LogP contribution is -2.11. The number of rotatable bonds is 3. The van der Waals surface area contributed by atoms with E-state index in [4.69, 9.17) is 16.7 Å². The van der Waals surface area contributed by atoms with E-state index >= 15 is 0 Å². The van der Waals surface area contributed by atoms with E-state index in [2.05, 4.69) is 4.98 Å². The summed E-state index contributed by atoms with van der Waals surface area (Å²) in [6.45, 7) is 0. The van der Waals surface area contributed by atoms with E-state index in [0.717, 1.165) is 18.3 Å². The van der Waals surface area contributed by atoms with Gasteiger partial charge in [-0.1, -0.05) is 11.6 Å². The molecule has 2 aromatic rings. The van der Waals surface area contributed by atoms with Crippen molar-refractivity contribution in [2.75, 3.05) is 0 Å². The number of ketones is 1. The molecule has 1 aromatic heterocycles. The Labute approximate surface area is 112 Å². The Morgan fingerprint density at radius 1 is 1.16 bits per heavy atom. The van der Waals surface area contributed by atoms with Gasteiger partial charge in [0.1, 0.15) is 5.82 Å². The molecule has 0 aliphatic rings. The molecule has 2 rings (SSSR count). The molecule has 0 spiro atoms. The Balaban J connectivity index is 2.56. The quantitative estimate of drug-likeness (QED) is 0.877. The molecule has 1 heterocycles. The number of aromatic nitrogens is 1. The molecule has 0 saturated heterocycles. The van der Waals surface area contributed by atoms with Crippen LogP contribution in [-0.2, 0) is 0 Å². The van der Waals surface area contributed by atoms with Gasteiger partial charge < -0.3 is 5.11 Å². The summed E-state index contributed by atoms with van der Waals surface area (Å²) in [7, 11) is 0. The first-order valence-corrected chi connectivity index (χ1v) is 5.55. The minimum atomic E-state index is -1.28. The first-order valence-electron chi connectivity index (χ1n) is 5.17. The van der Waals surface area contributed by atoms with Crippen LogP contribution in [0.2, 0.25) is 5.02 Å². The van der Waals surface area contributed by atoms with Crippen molar-refractivity contribution >= 4 is 23.4 Å². The summed E-state index contributed by atoms with van der Waals surface area (Å²) in [5, 5.41) is 9.17. The monoisotopic (exact) mass is 279 g/mol. The molecule has 1 N–H and O–H groups in total. The van der Waals surface area contributed by atoms with E-state index < -0.39 is 17.6 Å². The Hall–Kier alpha value is -2.27. The lowest BCUT2D eigenvalue weighted by atomic mass is 10.00. The van der Waals surface area contributed by atoms with Crippen molar-refractivity contribution in [3.05, 3.63) is 64.2 Å². The van der Waals surface area contributed by atoms with Crippen LogP contribution in [0.15, 0.2) is 36.7 Å². The number of aromatic carboxylic acids is 1. The first kappa shape index (κ1) is 13.2. The Morgan fingerprint density at radius 3 is 2.58 bits per heavy atom. The van der Waals surface area contributed by atoms with Crippen LogP contribution in [-0.4, -0.2) is 21.8 Å². The number of hydrogen-bond donors (Lipinski definition) is 1. The van der Waals surface area contributed by atoms with Crippen molar-refractivity contribution in [2.24, 2.45) is 0 Å². The van der Waals surface area contributed by atoms with Crippen molar-refractivity contribution in [1.29, 1.82) is 0 Å². The van der Waals surface area contributed by atoms with Crippen molar-refractivity contribution in [1.82, 2.24) is 4.98 Å². The van der Waals surface area contributed by atoms with Gasteiger partial charge in [0.2, 0.25) is 0 Å². The van der Waals surface area contributed by atoms with E-state index in [0.29, 0.717) is 0 Å². The second kappa shape index (κ2) is 5.16. The lowest BCUT2D eigenvalue weighted by molar-refractivity contribution is 0.0692. The summed E-state index contributed by atoms with van der Waals surface area (Å²) in [6.07, 6.45) is 2.33. The minimum Gasteiger partial charge on any atom is -0.478 e. The van der Waals surface area contributed by atoms with E-state index in [1.807, 2.05) is 0 Å². The van der Waals surface area contributed by atoms with Crippen molar-refractivity contribution < 1.29 is 19.1 Å². The van der Waals surface area contributed by atoms with Crippen LogP contribution in [0.3, 0.4) is 0 Å². The van der Waals surface area contributed by atoms with Crippen LogP contribution in [0.25, 0.3) is 0 Å². The molecule has 0 aliphatic carbocycles. The highest BCUT2D eigenvalue weighted by Gasteiger charge is 2.20. The number of hydrogen-bond acceptors (Lipinski definition) is 3. The largest absolute Gasteiger partial charge is 0.478 e. The number of nitrogens with zero attached hydrogens (tertiary/aromatic N) is 1. The predicted octanol–water partition coefficient (Wildman–Crippen LogP) is 2.80. The molecule has 0 aliphatic heterocycles. The Morgan fingerprint density at radius 2 is 1.89 bits per heavy atom. The highest BCUT2D eigenvalue weighted by Crippen LogP contribution is 2.20. The molecule has 0 amide bonds. The van der Waals surface area contributed by atoms with E-state index in [1.54, 1.807) is 0 Å². The third kappa shape index (κ3) is 2.61. The Kier molecular flexibility index (Phi) is 3.57. The SMILES string of the molecule is O=C(O)c1ccncc1C(=O)c1cc(Cl)ccc1F. The van der Waals surface area contributed by atoms with Gasteiger partial charge in [-0.3, -0.25) is 9.78 Å². The van der Waals surface area contributed by atoms with Crippen LogP contribution >= 0.6 is 11.6 Å². The minimum absolute atomic E-state index is 0.184. The molecule has 1 aromatic carbocycles. The zero-order chi connectivity index (χ0) is 14.0. The topological polar surface area (TPSA) is 67.3 Å². The number of carbonyl (C=O) groups excluding carboxylic acids is 1. The maximum Gasteiger partial charge on any atom is 0.336 e. The summed E-state index contributed by atoms with van der Waals surface area (Å²) in [5.74, 6) is -2.83. The highest BCUT2D eigenvalue weighted by atomic mass is 35.5.